The molecule has 0 bridgehead atoms. The van der Waals surface area contributed by atoms with E-state index in [0.29, 0.717) is 19.5 Å². The Morgan fingerprint density at radius 3 is 2.71 bits per heavy atom. The first-order valence-electron chi connectivity index (χ1n) is 8.01. The average molecular weight is 334 g/mol. The zero-order valence-electron chi connectivity index (χ0n) is 14.1. The summed E-state index contributed by atoms with van der Waals surface area (Å²) in [6, 6.07) is -0.335. The van der Waals surface area contributed by atoms with Gasteiger partial charge in [-0.3, -0.25) is 24.6 Å². The van der Waals surface area contributed by atoms with Crippen molar-refractivity contribution in [1.82, 2.24) is 30.4 Å². The SMILES string of the molecule is CC[C@]1(C)NC(=O)N(NC(=O)CN2CC(n3cc(C)cn3)C2)C1=O. The monoisotopic (exact) mass is 334 g/mol. The molecule has 0 unspecified atom stereocenters. The van der Waals surface area contributed by atoms with Crippen molar-refractivity contribution in [2.75, 3.05) is 19.6 Å². The van der Waals surface area contributed by atoms with Gasteiger partial charge in [-0.15, -0.1) is 0 Å². The second-order valence-electron chi connectivity index (χ2n) is 6.64. The summed E-state index contributed by atoms with van der Waals surface area (Å²) in [5, 5.41) is 7.64. The average Bonchev–Trinajstić information content (AvgIpc) is 3.00. The third kappa shape index (κ3) is 2.86. The number of nitrogens with zero attached hydrogens (tertiary/aromatic N) is 4. The molecule has 2 aliphatic heterocycles. The lowest BCUT2D eigenvalue weighted by atomic mass is 10.00. The summed E-state index contributed by atoms with van der Waals surface area (Å²) in [7, 11) is 0. The lowest BCUT2D eigenvalue weighted by Crippen LogP contribution is -2.55. The third-order valence-electron chi connectivity index (χ3n) is 4.61. The van der Waals surface area contributed by atoms with Gasteiger partial charge in [-0.05, 0) is 25.8 Å². The molecule has 3 rings (SSSR count). The van der Waals surface area contributed by atoms with E-state index in [2.05, 4.69) is 15.8 Å². The van der Waals surface area contributed by atoms with Crippen LogP contribution in [0.4, 0.5) is 4.79 Å². The van der Waals surface area contributed by atoms with Gasteiger partial charge in [-0.1, -0.05) is 6.92 Å². The largest absolute Gasteiger partial charge is 0.344 e. The molecule has 130 valence electrons. The molecule has 3 heterocycles. The smallest absolute Gasteiger partial charge is 0.322 e. The highest BCUT2D eigenvalue weighted by atomic mass is 16.2. The van der Waals surface area contributed by atoms with Crippen LogP contribution in [0.25, 0.3) is 0 Å². The van der Waals surface area contributed by atoms with Crippen molar-refractivity contribution in [3.8, 4) is 0 Å². The molecule has 9 heteroatoms. The van der Waals surface area contributed by atoms with Crippen molar-refractivity contribution in [2.24, 2.45) is 0 Å². The number of hydrazine groups is 1. The molecule has 2 aliphatic rings. The van der Waals surface area contributed by atoms with Gasteiger partial charge in [-0.2, -0.15) is 10.1 Å². The van der Waals surface area contributed by atoms with Crippen LogP contribution in [0.5, 0.6) is 0 Å². The fourth-order valence-electron chi connectivity index (χ4n) is 2.86. The normalized spacial score (nSPS) is 24.9. The summed E-state index contributed by atoms with van der Waals surface area (Å²) in [5.41, 5.74) is 2.54. The summed E-state index contributed by atoms with van der Waals surface area (Å²) < 4.78 is 1.90. The van der Waals surface area contributed by atoms with E-state index in [1.165, 1.54) is 0 Å². The van der Waals surface area contributed by atoms with Crippen molar-refractivity contribution >= 4 is 17.8 Å². The maximum absolute atomic E-state index is 12.2. The van der Waals surface area contributed by atoms with Gasteiger partial charge >= 0.3 is 6.03 Å². The van der Waals surface area contributed by atoms with E-state index in [1.54, 1.807) is 20.0 Å². The number of aryl methyl sites for hydroxylation is 1. The molecule has 0 radical (unpaired) electrons. The van der Waals surface area contributed by atoms with E-state index in [1.807, 2.05) is 22.7 Å². The molecule has 9 nitrogen and oxygen atoms in total. The first-order valence-corrected chi connectivity index (χ1v) is 8.01. The molecule has 2 saturated heterocycles. The van der Waals surface area contributed by atoms with E-state index < -0.39 is 17.5 Å². The van der Waals surface area contributed by atoms with Gasteiger partial charge in [0.15, 0.2) is 0 Å². The summed E-state index contributed by atoms with van der Waals surface area (Å²) in [6.45, 7) is 6.99. The van der Waals surface area contributed by atoms with Gasteiger partial charge in [0, 0.05) is 19.3 Å². The topological polar surface area (TPSA) is 99.6 Å². The molecule has 1 aromatic heterocycles. The second-order valence-corrected chi connectivity index (χ2v) is 6.64. The van der Waals surface area contributed by atoms with Crippen LogP contribution >= 0.6 is 0 Å². The maximum Gasteiger partial charge on any atom is 0.344 e. The van der Waals surface area contributed by atoms with Crippen LogP contribution in [-0.2, 0) is 9.59 Å². The molecule has 2 N–H and O–H groups in total. The standard InChI is InChI=1S/C15H22N6O3/c1-4-15(3)13(23)21(14(24)17-15)18-12(22)9-19-7-11(8-19)20-6-10(2)5-16-20/h5-6,11H,4,7-9H2,1-3H3,(H,17,24)(H,18,22)/t15-/m0/s1. The number of hydrogen-bond acceptors (Lipinski definition) is 5. The number of amides is 4. The van der Waals surface area contributed by atoms with Crippen LogP contribution in [0.3, 0.4) is 0 Å². The Morgan fingerprint density at radius 1 is 1.46 bits per heavy atom. The fourth-order valence-corrected chi connectivity index (χ4v) is 2.86. The number of carbonyl (C=O) groups is 3. The highest BCUT2D eigenvalue weighted by Crippen LogP contribution is 2.21. The number of likely N-dealkylation sites (tertiary alicyclic amines) is 1. The Balaban J connectivity index is 1.49. The molecule has 1 aromatic rings. The van der Waals surface area contributed by atoms with Gasteiger partial charge in [0.1, 0.15) is 5.54 Å². The van der Waals surface area contributed by atoms with Crippen molar-refractivity contribution in [3.63, 3.8) is 0 Å². The molecule has 2 fully saturated rings. The molecule has 1 atom stereocenters. The number of aromatic nitrogens is 2. The zero-order valence-corrected chi connectivity index (χ0v) is 14.1. The van der Waals surface area contributed by atoms with Crippen LogP contribution in [0, 0.1) is 6.92 Å². The van der Waals surface area contributed by atoms with Gasteiger partial charge < -0.3 is 5.32 Å². The molecule has 0 spiro atoms. The van der Waals surface area contributed by atoms with Gasteiger partial charge in [0.25, 0.3) is 11.8 Å². The Hall–Kier alpha value is -2.42. The summed E-state index contributed by atoms with van der Waals surface area (Å²) in [4.78, 5) is 38.1. The highest BCUT2D eigenvalue weighted by molar-refractivity contribution is 6.07. The van der Waals surface area contributed by atoms with Gasteiger partial charge in [0.05, 0.1) is 18.8 Å². The predicted molar refractivity (Wildman–Crippen MR) is 84.7 cm³/mol. The number of nitrogens with one attached hydrogen (secondary N) is 2. The van der Waals surface area contributed by atoms with E-state index >= 15 is 0 Å². The van der Waals surface area contributed by atoms with Crippen LogP contribution in [-0.4, -0.2) is 62.7 Å². The molecule has 4 amide bonds. The first kappa shape index (κ1) is 16.4. The molecule has 0 saturated carbocycles. The van der Waals surface area contributed by atoms with Gasteiger partial charge in [0.2, 0.25) is 0 Å². The maximum atomic E-state index is 12.2. The van der Waals surface area contributed by atoms with E-state index in [-0.39, 0.29) is 18.5 Å². The second kappa shape index (κ2) is 5.90. The zero-order chi connectivity index (χ0) is 17.5. The lowest BCUT2D eigenvalue weighted by Gasteiger charge is -2.38. The number of hydrogen-bond donors (Lipinski definition) is 2. The number of imide groups is 1. The number of urea groups is 1. The van der Waals surface area contributed by atoms with Crippen LogP contribution in [0.2, 0.25) is 0 Å². The van der Waals surface area contributed by atoms with Crippen LogP contribution < -0.4 is 10.7 Å². The molecular formula is C15H22N6O3. The van der Waals surface area contributed by atoms with Crippen molar-refractivity contribution in [1.29, 1.82) is 0 Å². The third-order valence-corrected chi connectivity index (χ3v) is 4.61. The number of carbonyl (C=O) groups excluding carboxylic acids is 3. The Labute approximate surface area is 139 Å². The van der Waals surface area contributed by atoms with Gasteiger partial charge in [-0.25, -0.2) is 4.79 Å². The van der Waals surface area contributed by atoms with Crippen molar-refractivity contribution in [3.05, 3.63) is 18.0 Å². The Morgan fingerprint density at radius 2 is 2.17 bits per heavy atom. The van der Waals surface area contributed by atoms with Crippen molar-refractivity contribution < 1.29 is 14.4 Å². The minimum Gasteiger partial charge on any atom is -0.322 e. The van der Waals surface area contributed by atoms with E-state index in [9.17, 15) is 14.4 Å². The van der Waals surface area contributed by atoms with E-state index in [0.717, 1.165) is 10.6 Å². The fraction of sp³-hybridized carbons (Fsp3) is 0.600. The Bertz CT molecular complexity index is 681. The van der Waals surface area contributed by atoms with Crippen LogP contribution in [0.1, 0.15) is 31.9 Å². The van der Waals surface area contributed by atoms with Crippen LogP contribution in [0.15, 0.2) is 12.4 Å². The lowest BCUT2D eigenvalue weighted by molar-refractivity contribution is -0.139. The van der Waals surface area contributed by atoms with Crippen molar-refractivity contribution in [2.45, 2.75) is 38.8 Å². The Kier molecular flexibility index (Phi) is 4.04. The minimum absolute atomic E-state index is 0.136. The minimum atomic E-state index is -0.954. The number of rotatable bonds is 5. The predicted octanol–water partition coefficient (Wildman–Crippen LogP) is -0.200. The summed E-state index contributed by atoms with van der Waals surface area (Å²) in [5.74, 6) is -0.814. The molecule has 0 aromatic carbocycles. The summed E-state index contributed by atoms with van der Waals surface area (Å²) >= 11 is 0. The highest BCUT2D eigenvalue weighted by Gasteiger charge is 2.47. The molecular weight excluding hydrogens is 312 g/mol. The molecule has 24 heavy (non-hydrogen) atoms. The first-order chi connectivity index (χ1) is 11.3. The summed E-state index contributed by atoms with van der Waals surface area (Å²) in [6.07, 6.45) is 4.24. The van der Waals surface area contributed by atoms with E-state index in [4.69, 9.17) is 0 Å². The quantitative estimate of drug-likeness (QED) is 0.727. The molecule has 0 aliphatic carbocycles.